The summed E-state index contributed by atoms with van der Waals surface area (Å²) in [6.45, 7) is 9.58. The van der Waals surface area contributed by atoms with Gasteiger partial charge in [0.25, 0.3) is 0 Å². The zero-order valence-corrected chi connectivity index (χ0v) is 61.6. The van der Waals surface area contributed by atoms with Crippen molar-refractivity contribution in [3.8, 4) is 0 Å². The molecule has 0 heterocycles. The normalized spacial score (nSPS) is 14.4. The fourth-order valence-electron chi connectivity index (χ4n) is 11.1. The standard InChI is InChI=1S/C73H142O17P2/c1-7-10-12-14-16-18-20-27-31-38-44-50-56-71(76)84-61-68(89-72(77)57-51-45-39-32-28-24-22-21-23-26-29-36-42-48-54-66(6)9-3)63-87-91(79,80)85-59-67(74)60-86-92(81,82)88-64-69(90-73(78)58-52-46-40-34-33-35-41-47-53-65(4)5)62-83-70(75)55-49-43-37-30-25-19-17-15-13-11-8-2/h65-69,74H,7-64H2,1-6H3,(H,79,80)(H,81,82)/t66?,67-,68-,69-/m1/s1. The van der Waals surface area contributed by atoms with Crippen molar-refractivity contribution in [2.24, 2.45) is 11.8 Å². The molecule has 0 bridgehead atoms. The minimum absolute atomic E-state index is 0.105. The van der Waals surface area contributed by atoms with Gasteiger partial charge in [0, 0.05) is 25.7 Å². The van der Waals surface area contributed by atoms with Gasteiger partial charge in [-0.1, -0.05) is 324 Å². The van der Waals surface area contributed by atoms with Gasteiger partial charge < -0.3 is 33.8 Å². The maximum atomic E-state index is 13.1. The first kappa shape index (κ1) is 90.1. The molecule has 17 nitrogen and oxygen atoms in total. The summed E-state index contributed by atoms with van der Waals surface area (Å²) in [6, 6.07) is 0. The maximum Gasteiger partial charge on any atom is 0.472 e. The number of unbranched alkanes of at least 4 members (excludes halogenated alkanes) is 41. The average molecular weight is 1350 g/mol. The van der Waals surface area contributed by atoms with Gasteiger partial charge in [-0.2, -0.15) is 0 Å². The number of aliphatic hydroxyl groups is 1. The van der Waals surface area contributed by atoms with Crippen molar-refractivity contribution in [2.45, 2.75) is 394 Å². The smallest absolute Gasteiger partial charge is 0.462 e. The fraction of sp³-hybridized carbons (Fsp3) is 0.945. The van der Waals surface area contributed by atoms with Crippen LogP contribution in [0.1, 0.15) is 375 Å². The molecule has 0 amide bonds. The lowest BCUT2D eigenvalue weighted by Crippen LogP contribution is -2.30. The predicted octanol–water partition coefficient (Wildman–Crippen LogP) is 21.2. The van der Waals surface area contributed by atoms with Crippen LogP contribution in [0.4, 0.5) is 0 Å². The second kappa shape index (κ2) is 65.0. The van der Waals surface area contributed by atoms with Crippen LogP contribution >= 0.6 is 15.6 Å². The van der Waals surface area contributed by atoms with Gasteiger partial charge in [0.1, 0.15) is 19.3 Å². The van der Waals surface area contributed by atoms with Crippen LogP contribution in [0.3, 0.4) is 0 Å². The van der Waals surface area contributed by atoms with Gasteiger partial charge in [0.05, 0.1) is 26.4 Å². The van der Waals surface area contributed by atoms with Crippen LogP contribution in [0.5, 0.6) is 0 Å². The molecule has 546 valence electrons. The third kappa shape index (κ3) is 65.4. The van der Waals surface area contributed by atoms with E-state index in [1.807, 2.05) is 0 Å². The Hall–Kier alpha value is -1.94. The second-order valence-electron chi connectivity index (χ2n) is 27.1. The molecule has 0 aromatic carbocycles. The van der Waals surface area contributed by atoms with Gasteiger partial charge in [0.2, 0.25) is 0 Å². The molecular weight excluding hydrogens is 1210 g/mol. The summed E-state index contributed by atoms with van der Waals surface area (Å²) in [5.74, 6) is -0.555. The third-order valence-electron chi connectivity index (χ3n) is 17.3. The van der Waals surface area contributed by atoms with Crippen molar-refractivity contribution >= 4 is 39.5 Å². The minimum Gasteiger partial charge on any atom is -0.462 e. The van der Waals surface area contributed by atoms with E-state index in [1.54, 1.807) is 0 Å². The van der Waals surface area contributed by atoms with Crippen LogP contribution in [0.15, 0.2) is 0 Å². The SMILES string of the molecule is CCCCCCCCCCCCCCC(=O)OC[C@H](COP(=O)(O)OC[C@@H](O)COP(=O)(O)OC[C@@H](COC(=O)CCCCCCCCCCCCC)OC(=O)CCCCCCCCCCC(C)C)OC(=O)CCCCCCCCCCCCCCCCC(C)CC. The van der Waals surface area contributed by atoms with E-state index >= 15 is 0 Å². The van der Waals surface area contributed by atoms with Crippen LogP contribution in [-0.2, 0) is 65.4 Å². The molecule has 3 N–H and O–H groups in total. The van der Waals surface area contributed by atoms with E-state index in [1.165, 1.54) is 193 Å². The van der Waals surface area contributed by atoms with Crippen LogP contribution in [-0.4, -0.2) is 96.7 Å². The highest BCUT2D eigenvalue weighted by Gasteiger charge is 2.30. The number of rotatable bonds is 72. The van der Waals surface area contributed by atoms with E-state index in [9.17, 15) is 43.2 Å². The fourth-order valence-corrected chi connectivity index (χ4v) is 12.7. The largest absolute Gasteiger partial charge is 0.472 e. The molecular formula is C73H142O17P2. The lowest BCUT2D eigenvalue weighted by atomic mass is 9.99. The number of carbonyl (C=O) groups is 4. The summed E-state index contributed by atoms with van der Waals surface area (Å²) in [4.78, 5) is 72.6. The molecule has 3 unspecified atom stereocenters. The predicted molar refractivity (Wildman–Crippen MR) is 372 cm³/mol. The molecule has 92 heavy (non-hydrogen) atoms. The van der Waals surface area contributed by atoms with Crippen LogP contribution in [0.25, 0.3) is 0 Å². The average Bonchev–Trinajstić information content (AvgIpc) is 1.81. The lowest BCUT2D eigenvalue weighted by molar-refractivity contribution is -0.161. The van der Waals surface area contributed by atoms with Crippen molar-refractivity contribution in [2.75, 3.05) is 39.6 Å². The maximum absolute atomic E-state index is 13.1. The van der Waals surface area contributed by atoms with Gasteiger partial charge in [-0.25, -0.2) is 9.13 Å². The Morgan fingerprint density at radius 2 is 0.554 bits per heavy atom. The minimum atomic E-state index is -4.95. The number of esters is 4. The van der Waals surface area contributed by atoms with E-state index in [0.717, 1.165) is 102 Å². The highest BCUT2D eigenvalue weighted by molar-refractivity contribution is 7.47. The highest BCUT2D eigenvalue weighted by Crippen LogP contribution is 2.45. The van der Waals surface area contributed by atoms with E-state index in [4.69, 9.17) is 37.0 Å². The highest BCUT2D eigenvalue weighted by atomic mass is 31.2. The Morgan fingerprint density at radius 3 is 0.826 bits per heavy atom. The summed E-state index contributed by atoms with van der Waals surface area (Å²) in [5, 5.41) is 10.6. The molecule has 0 radical (unpaired) electrons. The number of phosphoric ester groups is 2. The zero-order chi connectivity index (χ0) is 67.9. The Kier molecular flexibility index (Phi) is 63.7. The van der Waals surface area contributed by atoms with E-state index in [0.29, 0.717) is 25.7 Å². The quantitative estimate of drug-likeness (QED) is 0.0222. The van der Waals surface area contributed by atoms with Crippen molar-refractivity contribution in [3.05, 3.63) is 0 Å². The van der Waals surface area contributed by atoms with Crippen LogP contribution in [0, 0.1) is 11.8 Å². The first-order valence-corrected chi connectivity index (χ1v) is 41.0. The summed E-state index contributed by atoms with van der Waals surface area (Å²) < 4.78 is 68.4. The molecule has 6 atom stereocenters. The molecule has 0 aliphatic heterocycles. The Bertz CT molecular complexity index is 1790. The first-order valence-electron chi connectivity index (χ1n) is 38.0. The Morgan fingerprint density at radius 1 is 0.315 bits per heavy atom. The summed E-state index contributed by atoms with van der Waals surface area (Å²) in [6.07, 6.45) is 51.2. The Labute approximate surface area is 562 Å². The number of hydrogen-bond acceptors (Lipinski definition) is 15. The van der Waals surface area contributed by atoms with E-state index < -0.39 is 97.5 Å². The van der Waals surface area contributed by atoms with Crippen LogP contribution < -0.4 is 0 Å². The number of carbonyl (C=O) groups excluding carboxylic acids is 4. The first-order chi connectivity index (χ1) is 44.4. The molecule has 0 aromatic heterocycles. The van der Waals surface area contributed by atoms with E-state index in [-0.39, 0.29) is 25.7 Å². The van der Waals surface area contributed by atoms with Gasteiger partial charge in [-0.05, 0) is 37.5 Å². The molecule has 0 saturated heterocycles. The topological polar surface area (TPSA) is 237 Å². The molecule has 0 aliphatic carbocycles. The summed E-state index contributed by atoms with van der Waals surface area (Å²) in [7, 11) is -9.90. The van der Waals surface area contributed by atoms with E-state index in [2.05, 4.69) is 41.5 Å². The molecule has 0 fully saturated rings. The van der Waals surface area contributed by atoms with Crippen molar-refractivity contribution in [3.63, 3.8) is 0 Å². The van der Waals surface area contributed by atoms with Crippen molar-refractivity contribution < 1.29 is 80.2 Å². The number of phosphoric acid groups is 2. The zero-order valence-electron chi connectivity index (χ0n) is 59.9. The summed E-state index contributed by atoms with van der Waals surface area (Å²) >= 11 is 0. The lowest BCUT2D eigenvalue weighted by Gasteiger charge is -2.21. The van der Waals surface area contributed by atoms with Crippen LogP contribution in [0.2, 0.25) is 0 Å². The second-order valence-corrected chi connectivity index (χ2v) is 30.0. The van der Waals surface area contributed by atoms with Gasteiger partial charge in [0.15, 0.2) is 12.2 Å². The molecule has 0 aromatic rings. The Balaban J connectivity index is 5.23. The monoisotopic (exact) mass is 1350 g/mol. The molecule has 19 heteroatoms. The molecule has 0 saturated carbocycles. The third-order valence-corrected chi connectivity index (χ3v) is 19.2. The van der Waals surface area contributed by atoms with Crippen molar-refractivity contribution in [1.29, 1.82) is 0 Å². The molecule has 0 spiro atoms. The molecule has 0 aliphatic rings. The van der Waals surface area contributed by atoms with Gasteiger partial charge in [-0.15, -0.1) is 0 Å². The van der Waals surface area contributed by atoms with Gasteiger partial charge in [-0.3, -0.25) is 37.3 Å². The number of ether oxygens (including phenoxy) is 4. The number of aliphatic hydroxyl groups excluding tert-OH is 1. The van der Waals surface area contributed by atoms with Gasteiger partial charge >= 0.3 is 39.5 Å². The summed E-state index contributed by atoms with van der Waals surface area (Å²) in [5.41, 5.74) is 0. The number of hydrogen-bond donors (Lipinski definition) is 3. The molecule has 0 rings (SSSR count). The van der Waals surface area contributed by atoms with Crippen molar-refractivity contribution in [1.82, 2.24) is 0 Å².